The Hall–Kier alpha value is -1.02. The number of nitrogens with zero attached hydrogens (tertiary/aromatic N) is 3. The summed E-state index contributed by atoms with van der Waals surface area (Å²) in [6.45, 7) is 4.97. The second-order valence-electron chi connectivity index (χ2n) is 5.30. The number of aryl methyl sites for hydroxylation is 2. The fourth-order valence-corrected chi connectivity index (χ4v) is 6.00. The first kappa shape index (κ1) is 16.8. The molecule has 1 aliphatic rings. The van der Waals surface area contributed by atoms with Gasteiger partial charge in [-0.25, -0.2) is 13.4 Å². The van der Waals surface area contributed by atoms with Crippen LogP contribution in [0.3, 0.4) is 0 Å². The Labute approximate surface area is 145 Å². The number of aromatic nitrogens is 2. The van der Waals surface area contributed by atoms with Crippen molar-refractivity contribution >= 4 is 33.4 Å². The first-order valence-electron chi connectivity index (χ1n) is 7.36. The van der Waals surface area contributed by atoms with Crippen molar-refractivity contribution in [1.82, 2.24) is 13.9 Å². The molecule has 0 aliphatic carbocycles. The van der Waals surface area contributed by atoms with Crippen molar-refractivity contribution in [3.63, 3.8) is 0 Å². The highest BCUT2D eigenvalue weighted by molar-refractivity contribution is 8.00. The normalized spacial score (nSPS) is 19.3. The van der Waals surface area contributed by atoms with E-state index in [1.165, 1.54) is 4.31 Å². The Bertz CT molecular complexity index is 803. The van der Waals surface area contributed by atoms with E-state index in [1.54, 1.807) is 30.1 Å². The van der Waals surface area contributed by atoms with Gasteiger partial charge in [-0.2, -0.15) is 4.31 Å². The average Bonchev–Trinajstić information content (AvgIpc) is 3.15. The minimum Gasteiger partial charge on any atom is -0.334 e. The molecule has 2 aromatic rings. The maximum atomic E-state index is 13.0. The molecule has 0 amide bonds. The molecule has 0 spiro atoms. The van der Waals surface area contributed by atoms with Crippen molar-refractivity contribution in [2.75, 3.05) is 12.3 Å². The minimum absolute atomic E-state index is 0.123. The molecule has 8 heteroatoms. The summed E-state index contributed by atoms with van der Waals surface area (Å²) in [6.07, 6.45) is 1.62. The predicted octanol–water partition coefficient (Wildman–Crippen LogP) is 3.30. The quantitative estimate of drug-likeness (QED) is 0.827. The van der Waals surface area contributed by atoms with Crippen LogP contribution in [0, 0.1) is 6.92 Å². The van der Waals surface area contributed by atoms with Gasteiger partial charge in [-0.05, 0) is 31.5 Å². The van der Waals surface area contributed by atoms with Crippen LogP contribution >= 0.6 is 23.4 Å². The summed E-state index contributed by atoms with van der Waals surface area (Å²) in [4.78, 5) is 4.24. The second-order valence-corrected chi connectivity index (χ2v) is 8.76. The van der Waals surface area contributed by atoms with Gasteiger partial charge in [0.2, 0.25) is 0 Å². The number of hydrogen-bond acceptors (Lipinski definition) is 4. The Morgan fingerprint density at radius 1 is 1.35 bits per heavy atom. The van der Waals surface area contributed by atoms with Crippen LogP contribution in [-0.2, 0) is 16.6 Å². The van der Waals surface area contributed by atoms with Gasteiger partial charge in [-0.1, -0.05) is 23.7 Å². The second kappa shape index (κ2) is 6.47. The molecular formula is C15H18ClN3O2S2. The molecule has 23 heavy (non-hydrogen) atoms. The number of rotatable bonds is 4. The Morgan fingerprint density at radius 2 is 2.04 bits per heavy atom. The molecule has 1 saturated heterocycles. The SMILES string of the molecule is CCn1cc(S(=O)(=O)N2CCSC2c2ccc(Cl)cc2)nc1C. The minimum atomic E-state index is -3.61. The lowest BCUT2D eigenvalue weighted by Crippen LogP contribution is -2.30. The zero-order valence-corrected chi connectivity index (χ0v) is 15.3. The smallest absolute Gasteiger partial charge is 0.263 e. The third kappa shape index (κ3) is 3.15. The van der Waals surface area contributed by atoms with E-state index in [0.29, 0.717) is 23.9 Å². The van der Waals surface area contributed by atoms with Crippen LogP contribution < -0.4 is 0 Å². The summed E-state index contributed by atoms with van der Waals surface area (Å²) >= 11 is 7.54. The van der Waals surface area contributed by atoms with Gasteiger partial charge in [-0.3, -0.25) is 0 Å². The van der Waals surface area contributed by atoms with E-state index in [2.05, 4.69) is 4.98 Å². The fraction of sp³-hybridized carbons (Fsp3) is 0.400. The monoisotopic (exact) mass is 371 g/mol. The molecular weight excluding hydrogens is 354 g/mol. The van der Waals surface area contributed by atoms with Crippen LogP contribution in [-0.4, -0.2) is 34.6 Å². The standard InChI is InChI=1S/C15H18ClN3O2S2/c1-3-18-10-14(17-11(18)2)23(20,21)19-8-9-22-15(19)12-4-6-13(16)7-5-12/h4-7,10,15H,3,8-9H2,1-2H3. The van der Waals surface area contributed by atoms with Gasteiger partial charge in [-0.15, -0.1) is 11.8 Å². The van der Waals surface area contributed by atoms with Crippen molar-refractivity contribution in [1.29, 1.82) is 0 Å². The van der Waals surface area contributed by atoms with Gasteiger partial charge >= 0.3 is 0 Å². The highest BCUT2D eigenvalue weighted by Crippen LogP contribution is 2.41. The molecule has 0 saturated carbocycles. The van der Waals surface area contributed by atoms with Crippen molar-refractivity contribution in [3.8, 4) is 0 Å². The molecule has 1 aromatic carbocycles. The van der Waals surface area contributed by atoms with Crippen LogP contribution in [0.25, 0.3) is 0 Å². The van der Waals surface area contributed by atoms with Crippen LogP contribution in [0.4, 0.5) is 0 Å². The van der Waals surface area contributed by atoms with Gasteiger partial charge in [0.25, 0.3) is 10.0 Å². The van der Waals surface area contributed by atoms with Crippen LogP contribution in [0.15, 0.2) is 35.5 Å². The Balaban J connectivity index is 1.96. The van der Waals surface area contributed by atoms with Gasteiger partial charge in [0, 0.05) is 30.1 Å². The summed E-state index contributed by atoms with van der Waals surface area (Å²) in [7, 11) is -3.61. The molecule has 5 nitrogen and oxygen atoms in total. The number of halogens is 1. The maximum Gasteiger partial charge on any atom is 0.263 e. The van der Waals surface area contributed by atoms with E-state index >= 15 is 0 Å². The molecule has 2 heterocycles. The van der Waals surface area contributed by atoms with Gasteiger partial charge in [0.15, 0.2) is 5.03 Å². The summed E-state index contributed by atoms with van der Waals surface area (Å²) in [5.74, 6) is 1.47. The van der Waals surface area contributed by atoms with Crippen molar-refractivity contribution in [3.05, 3.63) is 46.9 Å². The van der Waals surface area contributed by atoms with E-state index in [9.17, 15) is 8.42 Å². The van der Waals surface area contributed by atoms with Gasteiger partial charge < -0.3 is 4.57 Å². The van der Waals surface area contributed by atoms with Crippen LogP contribution in [0.2, 0.25) is 5.02 Å². The van der Waals surface area contributed by atoms with Gasteiger partial charge in [0.1, 0.15) is 5.82 Å². The predicted molar refractivity (Wildman–Crippen MR) is 93.2 cm³/mol. The molecule has 1 unspecified atom stereocenters. The highest BCUT2D eigenvalue weighted by Gasteiger charge is 2.38. The van der Waals surface area contributed by atoms with Crippen molar-refractivity contribution in [2.24, 2.45) is 0 Å². The topological polar surface area (TPSA) is 55.2 Å². The lowest BCUT2D eigenvalue weighted by Gasteiger charge is -2.22. The number of imidazole rings is 1. The first-order chi connectivity index (χ1) is 10.9. The first-order valence-corrected chi connectivity index (χ1v) is 10.2. The van der Waals surface area contributed by atoms with Crippen molar-refractivity contribution in [2.45, 2.75) is 30.8 Å². The van der Waals surface area contributed by atoms with Crippen molar-refractivity contribution < 1.29 is 8.42 Å². The summed E-state index contributed by atoms with van der Waals surface area (Å²) < 4.78 is 29.3. The largest absolute Gasteiger partial charge is 0.334 e. The average molecular weight is 372 g/mol. The zero-order valence-electron chi connectivity index (χ0n) is 12.9. The molecule has 0 N–H and O–H groups in total. The lowest BCUT2D eigenvalue weighted by atomic mass is 10.2. The third-order valence-corrected chi connectivity index (χ3v) is 7.25. The molecule has 0 bridgehead atoms. The Morgan fingerprint density at radius 3 is 2.65 bits per heavy atom. The highest BCUT2D eigenvalue weighted by atomic mass is 35.5. The molecule has 1 fully saturated rings. The molecule has 3 rings (SSSR count). The number of hydrogen-bond donors (Lipinski definition) is 0. The summed E-state index contributed by atoms with van der Waals surface area (Å²) in [5.41, 5.74) is 0.937. The number of sulfonamides is 1. The number of benzene rings is 1. The van der Waals surface area contributed by atoms with E-state index in [0.717, 1.165) is 11.3 Å². The third-order valence-electron chi connectivity index (χ3n) is 3.87. The lowest BCUT2D eigenvalue weighted by molar-refractivity contribution is 0.432. The maximum absolute atomic E-state index is 13.0. The van der Waals surface area contributed by atoms with E-state index < -0.39 is 10.0 Å². The zero-order chi connectivity index (χ0) is 16.6. The fourth-order valence-electron chi connectivity index (χ4n) is 2.63. The van der Waals surface area contributed by atoms with E-state index in [1.807, 2.05) is 30.5 Å². The van der Waals surface area contributed by atoms with E-state index in [4.69, 9.17) is 11.6 Å². The molecule has 0 radical (unpaired) electrons. The molecule has 1 aromatic heterocycles. The van der Waals surface area contributed by atoms with Crippen LogP contribution in [0.1, 0.15) is 23.7 Å². The number of thioether (sulfide) groups is 1. The molecule has 124 valence electrons. The summed E-state index contributed by atoms with van der Waals surface area (Å²) in [5, 5.41) is 0.533. The molecule has 1 aliphatic heterocycles. The van der Waals surface area contributed by atoms with Crippen LogP contribution in [0.5, 0.6) is 0 Å². The van der Waals surface area contributed by atoms with E-state index in [-0.39, 0.29) is 10.4 Å². The van der Waals surface area contributed by atoms with Gasteiger partial charge in [0.05, 0.1) is 5.37 Å². The molecule has 1 atom stereocenters. The summed E-state index contributed by atoms with van der Waals surface area (Å²) in [6, 6.07) is 7.33. The Kier molecular flexibility index (Phi) is 4.73.